The highest BCUT2D eigenvalue weighted by Crippen LogP contribution is 2.28. The molecule has 0 fully saturated rings. The first-order valence-corrected chi connectivity index (χ1v) is 11.9. The summed E-state index contributed by atoms with van der Waals surface area (Å²) in [5.41, 5.74) is 2.03. The number of nitrogens with zero attached hydrogens (tertiary/aromatic N) is 1. The molecule has 0 bridgehead atoms. The van der Waals surface area contributed by atoms with E-state index in [9.17, 15) is 13.2 Å². The maximum absolute atomic E-state index is 13.5. The summed E-state index contributed by atoms with van der Waals surface area (Å²) in [4.78, 5) is 13.0. The van der Waals surface area contributed by atoms with Crippen molar-refractivity contribution in [3.63, 3.8) is 0 Å². The molecule has 0 aliphatic heterocycles. The minimum atomic E-state index is -4.01. The molecular formula is C25H28N2O6S. The Balaban J connectivity index is 1.85. The number of amides is 1. The molecule has 3 rings (SSSR count). The first-order chi connectivity index (χ1) is 16.3. The highest BCUT2D eigenvalue weighted by atomic mass is 32.2. The molecule has 0 saturated heterocycles. The van der Waals surface area contributed by atoms with Gasteiger partial charge in [0, 0.05) is 12.6 Å². The standard InChI is InChI=1S/C25H28N2O6S/c1-18-8-11-22(12-9-18)34(29,30)27(20-6-5-7-21(15-20)31-2)17-25(28)26-16-19-10-13-23(32-3)24(14-19)33-4/h5-15H,16-17H2,1-4H3,(H,26,28). The van der Waals surface area contributed by atoms with E-state index in [2.05, 4.69) is 5.32 Å². The van der Waals surface area contributed by atoms with E-state index in [-0.39, 0.29) is 11.4 Å². The van der Waals surface area contributed by atoms with Crippen molar-refractivity contribution in [3.8, 4) is 17.2 Å². The zero-order valence-electron chi connectivity index (χ0n) is 19.6. The van der Waals surface area contributed by atoms with E-state index < -0.39 is 22.5 Å². The normalized spacial score (nSPS) is 10.9. The molecule has 1 amide bonds. The molecule has 0 atom stereocenters. The lowest BCUT2D eigenvalue weighted by molar-refractivity contribution is -0.119. The molecule has 0 spiro atoms. The zero-order chi connectivity index (χ0) is 24.7. The monoisotopic (exact) mass is 484 g/mol. The summed E-state index contributed by atoms with van der Waals surface area (Å²) in [6.45, 7) is 1.66. The number of carbonyl (C=O) groups excluding carboxylic acids is 1. The minimum absolute atomic E-state index is 0.0913. The number of nitrogens with one attached hydrogen (secondary N) is 1. The number of sulfonamides is 1. The summed E-state index contributed by atoms with van der Waals surface area (Å²) in [7, 11) is 0.553. The average Bonchev–Trinajstić information content (AvgIpc) is 2.85. The topological polar surface area (TPSA) is 94.2 Å². The molecular weight excluding hydrogens is 456 g/mol. The number of methoxy groups -OCH3 is 3. The molecule has 3 aromatic rings. The van der Waals surface area contributed by atoms with E-state index >= 15 is 0 Å². The van der Waals surface area contributed by atoms with E-state index in [1.54, 1.807) is 61.7 Å². The van der Waals surface area contributed by atoms with E-state index in [1.165, 1.54) is 26.4 Å². The van der Waals surface area contributed by atoms with Crippen molar-refractivity contribution in [1.29, 1.82) is 0 Å². The third kappa shape index (κ3) is 5.79. The predicted octanol–water partition coefficient (Wildman–Crippen LogP) is 3.53. The number of ether oxygens (including phenoxy) is 3. The van der Waals surface area contributed by atoms with Crippen molar-refractivity contribution in [2.24, 2.45) is 0 Å². The second-order valence-electron chi connectivity index (χ2n) is 7.49. The molecule has 34 heavy (non-hydrogen) atoms. The Labute approximate surface area is 200 Å². The molecule has 0 radical (unpaired) electrons. The van der Waals surface area contributed by atoms with Gasteiger partial charge in [0.05, 0.1) is 31.9 Å². The summed E-state index contributed by atoms with van der Waals surface area (Å²) in [5, 5.41) is 2.78. The Morgan fingerprint density at radius 1 is 0.882 bits per heavy atom. The van der Waals surface area contributed by atoms with Gasteiger partial charge in [0.2, 0.25) is 5.91 Å². The zero-order valence-corrected chi connectivity index (χ0v) is 20.4. The van der Waals surface area contributed by atoms with Crippen LogP contribution in [0.2, 0.25) is 0 Å². The molecule has 0 unspecified atom stereocenters. The van der Waals surface area contributed by atoms with Crippen molar-refractivity contribution in [2.45, 2.75) is 18.4 Å². The Bertz CT molecular complexity index is 1240. The lowest BCUT2D eigenvalue weighted by Gasteiger charge is -2.24. The third-order valence-electron chi connectivity index (χ3n) is 5.18. The van der Waals surface area contributed by atoms with Gasteiger partial charge in [0.25, 0.3) is 10.0 Å². The SMILES string of the molecule is COc1cccc(N(CC(=O)NCc2ccc(OC)c(OC)c2)S(=O)(=O)c2ccc(C)cc2)c1. The van der Waals surface area contributed by atoms with Crippen LogP contribution < -0.4 is 23.8 Å². The fourth-order valence-electron chi connectivity index (χ4n) is 3.30. The Morgan fingerprint density at radius 3 is 2.24 bits per heavy atom. The maximum atomic E-state index is 13.5. The minimum Gasteiger partial charge on any atom is -0.497 e. The molecule has 0 aliphatic rings. The highest BCUT2D eigenvalue weighted by molar-refractivity contribution is 7.92. The Kier molecular flexibility index (Phi) is 8.01. The molecule has 8 nitrogen and oxygen atoms in total. The van der Waals surface area contributed by atoms with Crippen molar-refractivity contribution >= 4 is 21.6 Å². The van der Waals surface area contributed by atoms with Crippen LogP contribution in [0, 0.1) is 6.92 Å². The van der Waals surface area contributed by atoms with Crippen LogP contribution in [0.4, 0.5) is 5.69 Å². The maximum Gasteiger partial charge on any atom is 0.264 e. The van der Waals surface area contributed by atoms with Crippen LogP contribution in [0.15, 0.2) is 71.6 Å². The molecule has 0 aromatic heterocycles. The van der Waals surface area contributed by atoms with Gasteiger partial charge in [-0.15, -0.1) is 0 Å². The van der Waals surface area contributed by atoms with E-state index in [0.717, 1.165) is 15.4 Å². The molecule has 0 aliphatic carbocycles. The number of rotatable bonds is 10. The summed E-state index contributed by atoms with van der Waals surface area (Å²) in [5.74, 6) is 1.13. The molecule has 0 heterocycles. The molecule has 0 saturated carbocycles. The lowest BCUT2D eigenvalue weighted by Crippen LogP contribution is -2.40. The number of carbonyl (C=O) groups is 1. The number of benzene rings is 3. The summed E-state index contributed by atoms with van der Waals surface area (Å²) < 4.78 is 43.8. The molecule has 1 N–H and O–H groups in total. The second kappa shape index (κ2) is 10.9. The Hall–Kier alpha value is -3.72. The molecule has 180 valence electrons. The fraction of sp³-hybridized carbons (Fsp3) is 0.240. The third-order valence-corrected chi connectivity index (χ3v) is 6.96. The largest absolute Gasteiger partial charge is 0.497 e. The first kappa shape index (κ1) is 24.9. The van der Waals surface area contributed by atoms with Crippen LogP contribution in [-0.2, 0) is 21.4 Å². The summed E-state index contributed by atoms with van der Waals surface area (Å²) in [6.07, 6.45) is 0. The summed E-state index contributed by atoms with van der Waals surface area (Å²) >= 11 is 0. The molecule has 9 heteroatoms. The first-order valence-electron chi connectivity index (χ1n) is 10.5. The van der Waals surface area contributed by atoms with Crippen LogP contribution in [-0.4, -0.2) is 42.2 Å². The number of hydrogen-bond acceptors (Lipinski definition) is 6. The second-order valence-corrected chi connectivity index (χ2v) is 9.35. The van der Waals surface area contributed by atoms with Gasteiger partial charge < -0.3 is 19.5 Å². The lowest BCUT2D eigenvalue weighted by atomic mass is 10.2. The smallest absolute Gasteiger partial charge is 0.264 e. The molecule has 3 aromatic carbocycles. The summed E-state index contributed by atoms with van der Waals surface area (Å²) in [6, 6.07) is 18.4. The number of anilines is 1. The quantitative estimate of drug-likeness (QED) is 0.473. The van der Waals surface area contributed by atoms with Crippen LogP contribution >= 0.6 is 0 Å². The van der Waals surface area contributed by atoms with Crippen LogP contribution in [0.1, 0.15) is 11.1 Å². The van der Waals surface area contributed by atoms with Crippen molar-refractivity contribution < 1.29 is 27.4 Å². The van der Waals surface area contributed by atoms with Crippen molar-refractivity contribution in [1.82, 2.24) is 5.32 Å². The van der Waals surface area contributed by atoms with E-state index in [0.29, 0.717) is 22.9 Å². The van der Waals surface area contributed by atoms with Gasteiger partial charge in [-0.05, 0) is 48.9 Å². The predicted molar refractivity (Wildman–Crippen MR) is 130 cm³/mol. The van der Waals surface area contributed by atoms with Gasteiger partial charge in [-0.2, -0.15) is 0 Å². The van der Waals surface area contributed by atoms with Gasteiger partial charge in [-0.25, -0.2) is 8.42 Å². The van der Waals surface area contributed by atoms with Gasteiger partial charge in [-0.1, -0.05) is 29.8 Å². The van der Waals surface area contributed by atoms with Gasteiger partial charge in [0.1, 0.15) is 12.3 Å². The van der Waals surface area contributed by atoms with Gasteiger partial charge in [-0.3, -0.25) is 9.10 Å². The van der Waals surface area contributed by atoms with Crippen molar-refractivity contribution in [2.75, 3.05) is 32.2 Å². The van der Waals surface area contributed by atoms with Gasteiger partial charge in [0.15, 0.2) is 11.5 Å². The van der Waals surface area contributed by atoms with Crippen LogP contribution in [0.3, 0.4) is 0 Å². The average molecular weight is 485 g/mol. The van der Waals surface area contributed by atoms with E-state index in [4.69, 9.17) is 14.2 Å². The highest BCUT2D eigenvalue weighted by Gasteiger charge is 2.27. The van der Waals surface area contributed by atoms with Crippen LogP contribution in [0.25, 0.3) is 0 Å². The Morgan fingerprint density at radius 2 is 1.59 bits per heavy atom. The fourth-order valence-corrected chi connectivity index (χ4v) is 4.71. The van der Waals surface area contributed by atoms with Crippen molar-refractivity contribution in [3.05, 3.63) is 77.9 Å². The van der Waals surface area contributed by atoms with E-state index in [1.807, 2.05) is 6.92 Å². The number of aryl methyl sites for hydroxylation is 1. The number of hydrogen-bond donors (Lipinski definition) is 1. The van der Waals surface area contributed by atoms with Crippen LogP contribution in [0.5, 0.6) is 17.2 Å². The van der Waals surface area contributed by atoms with Gasteiger partial charge >= 0.3 is 0 Å².